The summed E-state index contributed by atoms with van der Waals surface area (Å²) in [6.45, 7) is 1.70. The molecule has 2 nitrogen and oxygen atoms in total. The van der Waals surface area contributed by atoms with Gasteiger partial charge in [-0.1, -0.05) is 11.6 Å². The molecule has 1 saturated heterocycles. The molecule has 1 aliphatic rings. The fourth-order valence-electron chi connectivity index (χ4n) is 1.69. The Kier molecular flexibility index (Phi) is 3.61. The molecule has 0 radical (unpaired) electrons. The highest BCUT2D eigenvalue weighted by Crippen LogP contribution is 2.28. The summed E-state index contributed by atoms with van der Waals surface area (Å²) in [6.07, 6.45) is 1.60. The van der Waals surface area contributed by atoms with Gasteiger partial charge in [-0.15, -0.1) is 0 Å². The van der Waals surface area contributed by atoms with Gasteiger partial charge in [0.15, 0.2) is 11.6 Å². The van der Waals surface area contributed by atoms with Crippen molar-refractivity contribution in [2.75, 3.05) is 13.1 Å². The van der Waals surface area contributed by atoms with E-state index in [1.165, 1.54) is 6.07 Å². The lowest BCUT2D eigenvalue weighted by Gasteiger charge is -2.24. The van der Waals surface area contributed by atoms with Crippen molar-refractivity contribution >= 4 is 11.6 Å². The van der Waals surface area contributed by atoms with E-state index >= 15 is 0 Å². The molecule has 0 spiro atoms. The average molecular weight is 248 g/mol. The van der Waals surface area contributed by atoms with Crippen LogP contribution in [0.5, 0.6) is 5.75 Å². The summed E-state index contributed by atoms with van der Waals surface area (Å²) < 4.78 is 31.9. The fourth-order valence-corrected chi connectivity index (χ4v) is 1.85. The lowest BCUT2D eigenvalue weighted by molar-refractivity contribution is 0.155. The Hall–Kier alpha value is -0.870. The summed E-state index contributed by atoms with van der Waals surface area (Å²) in [5.41, 5.74) is 0. The highest BCUT2D eigenvalue weighted by atomic mass is 35.5. The predicted molar refractivity (Wildman–Crippen MR) is 57.9 cm³/mol. The molecule has 1 aromatic rings. The molecule has 1 heterocycles. The number of hydrogen-bond acceptors (Lipinski definition) is 2. The second-order valence-corrected chi connectivity index (χ2v) is 4.12. The molecule has 1 aliphatic heterocycles. The van der Waals surface area contributed by atoms with Gasteiger partial charge in [-0.25, -0.2) is 8.78 Å². The molecule has 0 bridgehead atoms. The van der Waals surface area contributed by atoms with Crippen LogP contribution in [0.2, 0.25) is 5.02 Å². The van der Waals surface area contributed by atoms with E-state index in [4.69, 9.17) is 16.3 Å². The Morgan fingerprint density at radius 2 is 1.94 bits per heavy atom. The van der Waals surface area contributed by atoms with Crippen LogP contribution in [0.3, 0.4) is 0 Å². The van der Waals surface area contributed by atoms with Crippen LogP contribution in [0.1, 0.15) is 12.8 Å². The van der Waals surface area contributed by atoms with Gasteiger partial charge in [0.2, 0.25) is 0 Å². The average Bonchev–Trinajstić information content (AvgIpc) is 2.31. The zero-order valence-corrected chi connectivity index (χ0v) is 9.36. The monoisotopic (exact) mass is 247 g/mol. The molecule has 0 atom stereocenters. The predicted octanol–water partition coefficient (Wildman–Crippen LogP) is 2.75. The van der Waals surface area contributed by atoms with E-state index in [0.29, 0.717) is 0 Å². The van der Waals surface area contributed by atoms with E-state index in [9.17, 15) is 8.78 Å². The molecule has 1 fully saturated rings. The Morgan fingerprint density at radius 3 is 2.62 bits per heavy atom. The largest absolute Gasteiger partial charge is 0.487 e. The van der Waals surface area contributed by atoms with E-state index in [-0.39, 0.29) is 11.9 Å². The zero-order valence-electron chi connectivity index (χ0n) is 8.60. The molecule has 0 amide bonds. The lowest BCUT2D eigenvalue weighted by atomic mass is 10.1. The number of ether oxygens (including phenoxy) is 1. The van der Waals surface area contributed by atoms with Crippen molar-refractivity contribution < 1.29 is 13.5 Å². The number of halogens is 3. The van der Waals surface area contributed by atoms with Crippen molar-refractivity contribution in [1.82, 2.24) is 5.32 Å². The van der Waals surface area contributed by atoms with Gasteiger partial charge >= 0.3 is 0 Å². The Morgan fingerprint density at radius 1 is 1.25 bits per heavy atom. The van der Waals surface area contributed by atoms with Crippen LogP contribution >= 0.6 is 11.6 Å². The van der Waals surface area contributed by atoms with Crippen LogP contribution in [0.15, 0.2) is 12.1 Å². The van der Waals surface area contributed by atoms with Crippen LogP contribution < -0.4 is 10.1 Å². The number of rotatable bonds is 2. The van der Waals surface area contributed by atoms with Gasteiger partial charge in [-0.05, 0) is 38.1 Å². The maximum absolute atomic E-state index is 13.5. The van der Waals surface area contributed by atoms with Crippen molar-refractivity contribution in [2.45, 2.75) is 18.9 Å². The van der Waals surface area contributed by atoms with Crippen molar-refractivity contribution in [1.29, 1.82) is 0 Å². The molecular formula is C11H12ClF2NO. The van der Waals surface area contributed by atoms with Crippen molar-refractivity contribution in [3.8, 4) is 5.75 Å². The van der Waals surface area contributed by atoms with Gasteiger partial charge in [-0.2, -0.15) is 0 Å². The zero-order chi connectivity index (χ0) is 11.5. The fraction of sp³-hybridized carbons (Fsp3) is 0.455. The Labute approximate surface area is 97.5 Å². The molecule has 0 saturated carbocycles. The van der Waals surface area contributed by atoms with Crippen LogP contribution in [-0.2, 0) is 0 Å². The molecule has 5 heteroatoms. The number of hydrogen-bond donors (Lipinski definition) is 1. The first-order chi connectivity index (χ1) is 7.68. The summed E-state index contributed by atoms with van der Waals surface area (Å²) in [6, 6.07) is 2.39. The summed E-state index contributed by atoms with van der Waals surface area (Å²) in [4.78, 5) is 0. The van der Waals surface area contributed by atoms with Gasteiger partial charge in [-0.3, -0.25) is 0 Å². The SMILES string of the molecule is Fc1ccc(OC2CCNCC2)c(F)c1Cl. The van der Waals surface area contributed by atoms with Crippen LogP contribution in [-0.4, -0.2) is 19.2 Å². The van der Waals surface area contributed by atoms with E-state index < -0.39 is 16.7 Å². The van der Waals surface area contributed by atoms with E-state index in [1.807, 2.05) is 0 Å². The smallest absolute Gasteiger partial charge is 0.186 e. The van der Waals surface area contributed by atoms with E-state index in [2.05, 4.69) is 5.32 Å². The third kappa shape index (κ3) is 2.44. The molecule has 0 aromatic heterocycles. The number of nitrogens with one attached hydrogen (secondary N) is 1. The molecule has 0 aliphatic carbocycles. The third-order valence-electron chi connectivity index (χ3n) is 2.58. The Balaban J connectivity index is 2.11. The third-order valence-corrected chi connectivity index (χ3v) is 2.93. The number of benzene rings is 1. The molecule has 1 N–H and O–H groups in total. The lowest BCUT2D eigenvalue weighted by Crippen LogP contribution is -2.34. The molecule has 16 heavy (non-hydrogen) atoms. The van der Waals surface area contributed by atoms with Gasteiger partial charge in [0.1, 0.15) is 16.9 Å². The highest BCUT2D eigenvalue weighted by Gasteiger charge is 2.18. The maximum Gasteiger partial charge on any atom is 0.186 e. The second kappa shape index (κ2) is 4.97. The second-order valence-electron chi connectivity index (χ2n) is 3.74. The molecule has 1 aromatic carbocycles. The summed E-state index contributed by atoms with van der Waals surface area (Å²) in [5.74, 6) is -1.56. The number of piperidine rings is 1. The van der Waals surface area contributed by atoms with Crippen LogP contribution in [0.4, 0.5) is 8.78 Å². The molecular weight excluding hydrogens is 236 g/mol. The normalized spacial score (nSPS) is 17.4. The summed E-state index contributed by atoms with van der Waals surface area (Å²) in [7, 11) is 0. The maximum atomic E-state index is 13.5. The topological polar surface area (TPSA) is 21.3 Å². The minimum atomic E-state index is -0.819. The molecule has 0 unspecified atom stereocenters. The van der Waals surface area contributed by atoms with Crippen molar-refractivity contribution in [2.24, 2.45) is 0 Å². The van der Waals surface area contributed by atoms with Crippen molar-refractivity contribution in [3.05, 3.63) is 28.8 Å². The van der Waals surface area contributed by atoms with E-state index in [1.54, 1.807) is 0 Å². The molecule has 2 rings (SSSR count). The minimum absolute atomic E-state index is 0.0262. The Bertz CT molecular complexity index is 380. The quantitative estimate of drug-likeness (QED) is 0.812. The standard InChI is InChI=1S/C11H12ClF2NO/c12-10-8(13)1-2-9(11(10)14)16-7-3-5-15-6-4-7/h1-2,7,15H,3-6H2. The van der Waals surface area contributed by atoms with Crippen LogP contribution in [0, 0.1) is 11.6 Å². The van der Waals surface area contributed by atoms with E-state index in [0.717, 1.165) is 32.0 Å². The minimum Gasteiger partial charge on any atom is -0.487 e. The van der Waals surface area contributed by atoms with Gasteiger partial charge < -0.3 is 10.1 Å². The van der Waals surface area contributed by atoms with Gasteiger partial charge in [0.25, 0.3) is 0 Å². The van der Waals surface area contributed by atoms with Crippen LogP contribution in [0.25, 0.3) is 0 Å². The van der Waals surface area contributed by atoms with Crippen molar-refractivity contribution in [3.63, 3.8) is 0 Å². The highest BCUT2D eigenvalue weighted by molar-refractivity contribution is 6.31. The van der Waals surface area contributed by atoms with Gasteiger partial charge in [0.05, 0.1) is 0 Å². The first-order valence-electron chi connectivity index (χ1n) is 5.19. The first kappa shape index (κ1) is 11.6. The molecule has 88 valence electrons. The summed E-state index contributed by atoms with van der Waals surface area (Å²) >= 11 is 5.46. The summed E-state index contributed by atoms with van der Waals surface area (Å²) in [5, 5.41) is 2.67. The first-order valence-corrected chi connectivity index (χ1v) is 5.57. The van der Waals surface area contributed by atoms with Gasteiger partial charge in [0, 0.05) is 0 Å².